The molecule has 49 heavy (non-hydrogen) atoms. The molecule has 1 aliphatic heterocycles. The first kappa shape index (κ1) is 36.4. The van der Waals surface area contributed by atoms with E-state index in [1.165, 1.54) is 42.6 Å². The number of phenols is 1. The molecule has 15 nitrogen and oxygen atoms in total. The molecule has 2 aromatic carbocycles. The van der Waals surface area contributed by atoms with Crippen LogP contribution in [0.25, 0.3) is 11.1 Å². The third-order valence-corrected chi connectivity index (χ3v) is 8.80. The molecule has 6 bridgehead atoms. The van der Waals surface area contributed by atoms with E-state index in [2.05, 4.69) is 21.3 Å². The smallest absolute Gasteiger partial charge is 0.288 e. The third-order valence-electron chi connectivity index (χ3n) is 8.80. The molecule has 0 radical (unpaired) electrons. The molecular formula is C34H39N5O10. The number of aliphatic hydroxyl groups is 2. The lowest BCUT2D eigenvalue weighted by Gasteiger charge is -2.34. The van der Waals surface area contributed by atoms with Gasteiger partial charge in [-0.15, -0.1) is 0 Å². The molecule has 6 atom stereocenters. The summed E-state index contributed by atoms with van der Waals surface area (Å²) in [4.78, 5) is 92.0. The first-order valence-electron chi connectivity index (χ1n) is 15.7. The molecule has 0 fully saturated rings. The fraction of sp³-hybridized carbons (Fsp3) is 0.382. The molecular weight excluding hydrogens is 638 g/mol. The highest BCUT2D eigenvalue weighted by Gasteiger charge is 2.55. The van der Waals surface area contributed by atoms with E-state index in [0.717, 1.165) is 0 Å². The van der Waals surface area contributed by atoms with Crippen LogP contribution in [0.2, 0.25) is 0 Å². The summed E-state index contributed by atoms with van der Waals surface area (Å²) in [6.07, 6.45) is -0.854. The predicted octanol–water partition coefficient (Wildman–Crippen LogP) is -1.12. The minimum absolute atomic E-state index is 0.0758. The maximum atomic E-state index is 13.7. The Labute approximate surface area is 281 Å². The number of carbonyl (C=O) groups is 7. The Kier molecular flexibility index (Phi) is 11.0. The number of fused-ring (bicyclic) bond motifs is 3. The zero-order valence-corrected chi connectivity index (χ0v) is 27.1. The standard InChI is InChI=1S/C34H39N5O10/c1-4-11-36-32(47)27-29(44)34(49)21-8-6-7-18(19(21)14-25(34)41)20-12-17(9-10-24(20)40)13-22(38-33(48)28(43)16(3)5-2)30(45)37-23(15-26(35)42)31(46)39-27/h4,6-12,16,22-23,27,29,40,44,49H,5,13-15H2,1-3H3,(H2,35,42)(H,36,47)(H,37,45)(H,38,48)(H,39,46)/b11-4-/t16-,22-,23+,27-,29+,34+/m0/s1. The number of nitrogens with one attached hydrogen (secondary N) is 4. The number of carbonyl (C=O) groups excluding carboxylic acids is 7. The van der Waals surface area contributed by atoms with Crippen LogP contribution >= 0.6 is 0 Å². The van der Waals surface area contributed by atoms with Gasteiger partial charge >= 0.3 is 0 Å². The van der Waals surface area contributed by atoms with Crippen LogP contribution in [0.4, 0.5) is 0 Å². The van der Waals surface area contributed by atoms with Gasteiger partial charge in [-0.1, -0.05) is 44.2 Å². The molecule has 2 aromatic rings. The predicted molar refractivity (Wildman–Crippen MR) is 173 cm³/mol. The van der Waals surface area contributed by atoms with Gasteiger partial charge in [-0.3, -0.25) is 33.6 Å². The Bertz CT molecular complexity index is 1740. The minimum Gasteiger partial charge on any atom is -0.507 e. The maximum Gasteiger partial charge on any atom is 0.288 e. The zero-order valence-electron chi connectivity index (χ0n) is 27.1. The number of nitrogens with two attached hydrogens (primary N) is 1. The number of primary amides is 1. The lowest BCUT2D eigenvalue weighted by Crippen LogP contribution is -2.64. The molecule has 0 aromatic heterocycles. The molecule has 260 valence electrons. The summed E-state index contributed by atoms with van der Waals surface area (Å²) < 4.78 is 0. The van der Waals surface area contributed by atoms with Crippen molar-refractivity contribution in [3.05, 3.63) is 65.4 Å². The highest BCUT2D eigenvalue weighted by Crippen LogP contribution is 2.44. The molecule has 15 heteroatoms. The Morgan fingerprint density at radius 2 is 1.80 bits per heavy atom. The monoisotopic (exact) mass is 677 g/mol. The molecule has 0 spiro atoms. The zero-order chi connectivity index (χ0) is 36.2. The van der Waals surface area contributed by atoms with Crippen LogP contribution in [0.5, 0.6) is 5.75 Å². The fourth-order valence-corrected chi connectivity index (χ4v) is 5.89. The van der Waals surface area contributed by atoms with Crippen molar-refractivity contribution in [3.8, 4) is 16.9 Å². The van der Waals surface area contributed by atoms with Crippen LogP contribution in [0.15, 0.2) is 48.7 Å². The number of Topliss-reactive ketones (excluding diaryl/α,β-unsaturated/α-hetero) is 2. The molecule has 5 amide bonds. The van der Waals surface area contributed by atoms with Gasteiger partial charge in [-0.05, 0) is 53.9 Å². The van der Waals surface area contributed by atoms with Crippen molar-refractivity contribution in [1.29, 1.82) is 0 Å². The number of rotatable bonds is 8. The number of benzene rings is 2. The summed E-state index contributed by atoms with van der Waals surface area (Å²) in [6, 6.07) is 3.35. The number of phenolic OH excluding ortho intramolecular Hbond substituents is 1. The number of aliphatic hydroxyl groups excluding tert-OH is 1. The van der Waals surface area contributed by atoms with Crippen molar-refractivity contribution in [2.24, 2.45) is 11.7 Å². The van der Waals surface area contributed by atoms with E-state index in [1.807, 2.05) is 0 Å². The highest BCUT2D eigenvalue weighted by molar-refractivity contribution is 6.37. The van der Waals surface area contributed by atoms with Gasteiger partial charge in [-0.25, -0.2) is 0 Å². The van der Waals surface area contributed by atoms with E-state index < -0.39 is 89.7 Å². The van der Waals surface area contributed by atoms with Crippen LogP contribution in [0.3, 0.4) is 0 Å². The van der Waals surface area contributed by atoms with E-state index in [1.54, 1.807) is 26.8 Å². The van der Waals surface area contributed by atoms with Crippen molar-refractivity contribution >= 4 is 41.1 Å². The average molecular weight is 678 g/mol. The number of amides is 5. The summed E-state index contributed by atoms with van der Waals surface area (Å²) >= 11 is 0. The average Bonchev–Trinajstić information content (AvgIpc) is 3.34. The quantitative estimate of drug-likeness (QED) is 0.156. The second kappa shape index (κ2) is 14.8. The van der Waals surface area contributed by atoms with Gasteiger partial charge in [0.15, 0.2) is 11.4 Å². The van der Waals surface area contributed by atoms with Crippen LogP contribution in [-0.4, -0.2) is 80.7 Å². The van der Waals surface area contributed by atoms with E-state index >= 15 is 0 Å². The Morgan fingerprint density at radius 3 is 2.45 bits per heavy atom. The highest BCUT2D eigenvalue weighted by atomic mass is 16.4. The van der Waals surface area contributed by atoms with Crippen LogP contribution < -0.4 is 27.0 Å². The SMILES string of the molecule is C/C=C\NC(=O)[C@H]1NC(=O)[C@@H](CC(N)=O)NC(=O)[C@@H](NC(=O)C(=O)[C@@H](C)CC)Cc2ccc(O)c(c2)-c2cccc3c2CC(=O)[C@@]3(O)[C@@H]1O. The van der Waals surface area contributed by atoms with Gasteiger partial charge in [0.05, 0.1) is 6.42 Å². The normalized spacial score (nSPS) is 24.5. The molecule has 2 aliphatic rings. The topological polar surface area (TPSA) is 254 Å². The summed E-state index contributed by atoms with van der Waals surface area (Å²) in [6.45, 7) is 4.81. The number of hydrogen-bond acceptors (Lipinski definition) is 10. The van der Waals surface area contributed by atoms with E-state index in [0.29, 0.717) is 12.0 Å². The molecule has 9 N–H and O–H groups in total. The fourth-order valence-electron chi connectivity index (χ4n) is 5.89. The van der Waals surface area contributed by atoms with Crippen molar-refractivity contribution < 1.29 is 48.9 Å². The van der Waals surface area contributed by atoms with Crippen molar-refractivity contribution in [2.45, 2.75) is 76.3 Å². The summed E-state index contributed by atoms with van der Waals surface area (Å²) in [5.74, 6) is -7.99. The van der Waals surface area contributed by atoms with Gasteiger partial charge in [0.25, 0.3) is 5.91 Å². The lowest BCUT2D eigenvalue weighted by atomic mass is 9.83. The van der Waals surface area contributed by atoms with Crippen LogP contribution in [0.1, 0.15) is 50.3 Å². The van der Waals surface area contributed by atoms with Gasteiger partial charge in [0, 0.05) is 24.3 Å². The van der Waals surface area contributed by atoms with Gasteiger partial charge < -0.3 is 42.3 Å². The van der Waals surface area contributed by atoms with Gasteiger partial charge in [-0.2, -0.15) is 0 Å². The van der Waals surface area contributed by atoms with E-state index in [9.17, 15) is 48.9 Å². The summed E-state index contributed by atoms with van der Waals surface area (Å²) in [5.41, 5.74) is 3.63. The molecule has 1 aliphatic carbocycles. The second-order valence-electron chi connectivity index (χ2n) is 12.1. The van der Waals surface area contributed by atoms with Gasteiger partial charge in [0.2, 0.25) is 29.4 Å². The Morgan fingerprint density at radius 1 is 1.08 bits per heavy atom. The number of allylic oxidation sites excluding steroid dienone is 1. The Balaban J connectivity index is 1.93. The van der Waals surface area contributed by atoms with Crippen molar-refractivity contribution in [2.75, 3.05) is 0 Å². The van der Waals surface area contributed by atoms with E-state index in [4.69, 9.17) is 5.73 Å². The van der Waals surface area contributed by atoms with Crippen molar-refractivity contribution in [1.82, 2.24) is 21.3 Å². The molecule has 0 saturated carbocycles. The van der Waals surface area contributed by atoms with Crippen LogP contribution in [0, 0.1) is 5.92 Å². The molecule has 0 saturated heterocycles. The largest absolute Gasteiger partial charge is 0.507 e. The molecule has 4 rings (SSSR count). The summed E-state index contributed by atoms with van der Waals surface area (Å²) in [7, 11) is 0. The first-order chi connectivity index (χ1) is 23.1. The second-order valence-corrected chi connectivity index (χ2v) is 12.1. The number of ketones is 2. The third kappa shape index (κ3) is 7.37. The summed E-state index contributed by atoms with van der Waals surface area (Å²) in [5, 5.41) is 43.7. The Hall–Kier alpha value is -5.41. The number of hydrogen-bond donors (Lipinski definition) is 8. The van der Waals surface area contributed by atoms with E-state index in [-0.39, 0.29) is 34.4 Å². The molecule has 0 unspecified atom stereocenters. The number of aromatic hydroxyl groups is 1. The molecule has 1 heterocycles. The van der Waals surface area contributed by atoms with Crippen molar-refractivity contribution in [3.63, 3.8) is 0 Å². The maximum absolute atomic E-state index is 13.7. The van der Waals surface area contributed by atoms with Gasteiger partial charge in [0.1, 0.15) is 30.0 Å². The first-order valence-corrected chi connectivity index (χ1v) is 15.7. The van der Waals surface area contributed by atoms with Crippen LogP contribution in [-0.2, 0) is 52.0 Å². The minimum atomic E-state index is -2.72. The lowest BCUT2D eigenvalue weighted by molar-refractivity contribution is -0.157.